The molecule has 2 rings (SSSR count). The zero-order valence-corrected chi connectivity index (χ0v) is 14.5. The lowest BCUT2D eigenvalue weighted by atomic mass is 10.1. The highest BCUT2D eigenvalue weighted by Crippen LogP contribution is 2.18. The summed E-state index contributed by atoms with van der Waals surface area (Å²) in [4.78, 5) is 4.19. The lowest BCUT2D eigenvalue weighted by Gasteiger charge is -2.18. The molecule has 2 fully saturated rings. The third kappa shape index (κ3) is 5.45. The van der Waals surface area contributed by atoms with Crippen LogP contribution in [0.4, 0.5) is 0 Å². The van der Waals surface area contributed by atoms with Gasteiger partial charge < -0.3 is 10.6 Å². The van der Waals surface area contributed by atoms with Gasteiger partial charge in [0.25, 0.3) is 0 Å². The molecule has 0 spiro atoms. The van der Waals surface area contributed by atoms with E-state index >= 15 is 0 Å². The van der Waals surface area contributed by atoms with Gasteiger partial charge in [0.05, 0.1) is 11.5 Å². The largest absolute Gasteiger partial charge is 0.356 e. The molecular formula is C12H24IN3O2S. The predicted molar refractivity (Wildman–Crippen MR) is 88.9 cm³/mol. The van der Waals surface area contributed by atoms with E-state index < -0.39 is 9.84 Å². The second-order valence-corrected chi connectivity index (χ2v) is 7.58. The first kappa shape index (κ1) is 17.0. The standard InChI is InChI=1S/C12H23N3O2S.HI/c1-13-12(15-11-4-2-3-5-11)14-8-10-6-7-18(16,17)9-10;/h10-11H,2-9H2,1H3,(H2,13,14,15);1H. The van der Waals surface area contributed by atoms with E-state index in [4.69, 9.17) is 0 Å². The van der Waals surface area contributed by atoms with Crippen molar-refractivity contribution in [2.75, 3.05) is 25.1 Å². The van der Waals surface area contributed by atoms with Crippen LogP contribution in [-0.4, -0.2) is 45.5 Å². The average molecular weight is 401 g/mol. The summed E-state index contributed by atoms with van der Waals surface area (Å²) < 4.78 is 22.7. The Labute approximate surface area is 133 Å². The maximum atomic E-state index is 11.4. The lowest BCUT2D eigenvalue weighted by molar-refractivity contribution is 0.554. The normalized spacial score (nSPS) is 27.0. The third-order valence-electron chi connectivity index (χ3n) is 3.80. The molecule has 1 saturated heterocycles. The number of aliphatic imine (C=N–C) groups is 1. The Hall–Kier alpha value is -0.0500. The topological polar surface area (TPSA) is 70.6 Å². The van der Waals surface area contributed by atoms with Gasteiger partial charge in [0.1, 0.15) is 0 Å². The maximum Gasteiger partial charge on any atom is 0.191 e. The van der Waals surface area contributed by atoms with Crippen LogP contribution in [0.1, 0.15) is 32.1 Å². The molecule has 0 aromatic heterocycles. The van der Waals surface area contributed by atoms with E-state index in [0.29, 0.717) is 24.1 Å². The summed E-state index contributed by atoms with van der Waals surface area (Å²) in [6, 6.07) is 0.531. The molecule has 0 radical (unpaired) electrons. The number of rotatable bonds is 3. The van der Waals surface area contributed by atoms with Crippen molar-refractivity contribution in [1.82, 2.24) is 10.6 Å². The Morgan fingerprint density at radius 1 is 1.26 bits per heavy atom. The van der Waals surface area contributed by atoms with Crippen LogP contribution in [0, 0.1) is 5.92 Å². The zero-order chi connectivity index (χ0) is 13.0. The van der Waals surface area contributed by atoms with Gasteiger partial charge in [0, 0.05) is 19.6 Å². The van der Waals surface area contributed by atoms with E-state index in [0.717, 1.165) is 12.4 Å². The van der Waals surface area contributed by atoms with Crippen LogP contribution in [0.3, 0.4) is 0 Å². The van der Waals surface area contributed by atoms with Crippen molar-refractivity contribution >= 4 is 39.8 Å². The molecule has 7 heteroatoms. The van der Waals surface area contributed by atoms with Crippen molar-refractivity contribution < 1.29 is 8.42 Å². The monoisotopic (exact) mass is 401 g/mol. The number of nitrogens with one attached hydrogen (secondary N) is 2. The fourth-order valence-corrected chi connectivity index (χ4v) is 4.59. The molecule has 1 unspecified atom stereocenters. The van der Waals surface area contributed by atoms with Crippen LogP contribution in [-0.2, 0) is 9.84 Å². The van der Waals surface area contributed by atoms with Crippen LogP contribution < -0.4 is 10.6 Å². The van der Waals surface area contributed by atoms with Crippen LogP contribution >= 0.6 is 24.0 Å². The lowest BCUT2D eigenvalue weighted by Crippen LogP contribution is -2.44. The number of halogens is 1. The highest BCUT2D eigenvalue weighted by Gasteiger charge is 2.27. The number of guanidine groups is 1. The molecule has 0 aromatic carbocycles. The van der Waals surface area contributed by atoms with E-state index in [-0.39, 0.29) is 29.9 Å². The Balaban J connectivity index is 0.00000180. The highest BCUT2D eigenvalue weighted by atomic mass is 127. The molecule has 0 bridgehead atoms. The summed E-state index contributed by atoms with van der Waals surface area (Å²) in [5.41, 5.74) is 0. The smallest absolute Gasteiger partial charge is 0.191 e. The minimum absolute atomic E-state index is 0. The zero-order valence-electron chi connectivity index (χ0n) is 11.4. The van der Waals surface area contributed by atoms with Crippen LogP contribution in [0.25, 0.3) is 0 Å². The van der Waals surface area contributed by atoms with E-state index in [1.54, 1.807) is 7.05 Å². The number of sulfone groups is 1. The van der Waals surface area contributed by atoms with Gasteiger partial charge in [-0.05, 0) is 25.2 Å². The van der Waals surface area contributed by atoms with Crippen molar-refractivity contribution in [3.8, 4) is 0 Å². The first-order valence-electron chi connectivity index (χ1n) is 6.76. The summed E-state index contributed by atoms with van der Waals surface area (Å²) in [7, 11) is -1.01. The van der Waals surface area contributed by atoms with Gasteiger partial charge in [0.2, 0.25) is 0 Å². The molecule has 2 aliphatic rings. The molecule has 5 nitrogen and oxygen atoms in total. The molecule has 1 heterocycles. The molecule has 112 valence electrons. The first-order chi connectivity index (χ1) is 8.59. The van der Waals surface area contributed by atoms with E-state index in [2.05, 4.69) is 15.6 Å². The number of nitrogens with zero attached hydrogens (tertiary/aromatic N) is 1. The fourth-order valence-electron chi connectivity index (χ4n) is 2.73. The molecule has 19 heavy (non-hydrogen) atoms. The van der Waals surface area contributed by atoms with Crippen molar-refractivity contribution in [3.05, 3.63) is 0 Å². The van der Waals surface area contributed by atoms with Gasteiger partial charge in [-0.1, -0.05) is 12.8 Å². The van der Waals surface area contributed by atoms with Gasteiger partial charge in [-0.2, -0.15) is 0 Å². The molecular weight excluding hydrogens is 377 g/mol. The van der Waals surface area contributed by atoms with Crippen LogP contribution in [0.2, 0.25) is 0 Å². The van der Waals surface area contributed by atoms with E-state index in [9.17, 15) is 8.42 Å². The van der Waals surface area contributed by atoms with Crippen molar-refractivity contribution in [2.24, 2.45) is 10.9 Å². The Morgan fingerprint density at radius 2 is 1.95 bits per heavy atom. The van der Waals surface area contributed by atoms with Crippen molar-refractivity contribution in [3.63, 3.8) is 0 Å². The van der Waals surface area contributed by atoms with Gasteiger partial charge in [-0.25, -0.2) is 8.42 Å². The Kier molecular flexibility index (Phi) is 6.85. The molecule has 0 amide bonds. The van der Waals surface area contributed by atoms with Crippen molar-refractivity contribution in [1.29, 1.82) is 0 Å². The molecule has 1 aliphatic heterocycles. The average Bonchev–Trinajstić information content (AvgIpc) is 2.94. The number of hydrogen-bond donors (Lipinski definition) is 2. The Morgan fingerprint density at radius 3 is 2.47 bits per heavy atom. The predicted octanol–water partition coefficient (Wildman–Crippen LogP) is 1.15. The Bertz CT molecular complexity index is 405. The number of hydrogen-bond acceptors (Lipinski definition) is 3. The van der Waals surface area contributed by atoms with Crippen LogP contribution in [0.5, 0.6) is 0 Å². The highest BCUT2D eigenvalue weighted by molar-refractivity contribution is 14.0. The summed E-state index contributed by atoms with van der Waals surface area (Å²) in [5, 5.41) is 6.65. The van der Waals surface area contributed by atoms with E-state index in [1.807, 2.05) is 0 Å². The van der Waals surface area contributed by atoms with Gasteiger partial charge in [-0.15, -0.1) is 24.0 Å². The minimum Gasteiger partial charge on any atom is -0.356 e. The van der Waals surface area contributed by atoms with Crippen molar-refractivity contribution in [2.45, 2.75) is 38.1 Å². The molecule has 1 atom stereocenters. The summed E-state index contributed by atoms with van der Waals surface area (Å²) in [6.45, 7) is 0.700. The second kappa shape index (κ2) is 7.66. The van der Waals surface area contributed by atoms with E-state index in [1.165, 1.54) is 25.7 Å². The second-order valence-electron chi connectivity index (χ2n) is 5.35. The summed E-state index contributed by atoms with van der Waals surface area (Å²) in [6.07, 6.45) is 5.76. The molecule has 0 aromatic rings. The molecule has 2 N–H and O–H groups in total. The molecule has 1 saturated carbocycles. The maximum absolute atomic E-state index is 11.4. The summed E-state index contributed by atoms with van der Waals surface area (Å²) >= 11 is 0. The molecule has 1 aliphatic carbocycles. The quantitative estimate of drug-likeness (QED) is 0.423. The first-order valence-corrected chi connectivity index (χ1v) is 8.59. The SMILES string of the molecule is CN=C(NCC1CCS(=O)(=O)C1)NC1CCCC1.I. The fraction of sp³-hybridized carbons (Fsp3) is 0.917. The van der Waals surface area contributed by atoms with Gasteiger partial charge >= 0.3 is 0 Å². The minimum atomic E-state index is -2.77. The third-order valence-corrected chi connectivity index (χ3v) is 5.64. The van der Waals surface area contributed by atoms with Gasteiger partial charge in [0.15, 0.2) is 15.8 Å². The van der Waals surface area contributed by atoms with Gasteiger partial charge in [-0.3, -0.25) is 4.99 Å². The summed E-state index contributed by atoms with van der Waals surface area (Å²) in [5.74, 6) is 1.71. The van der Waals surface area contributed by atoms with Crippen LogP contribution in [0.15, 0.2) is 4.99 Å².